The maximum absolute atomic E-state index is 10.6. The number of rotatable bonds is 3. The van der Waals surface area contributed by atoms with Crippen molar-refractivity contribution >= 4 is 6.16 Å². The molecule has 1 heterocycles. The molecule has 1 atom stereocenters. The van der Waals surface area contributed by atoms with Gasteiger partial charge in [0.25, 0.3) is 0 Å². The van der Waals surface area contributed by atoms with Gasteiger partial charge in [-0.15, -0.1) is 0 Å². The monoisotopic (exact) mass is 158 g/mol. The van der Waals surface area contributed by atoms with Crippen LogP contribution in [0.15, 0.2) is 0 Å². The summed E-state index contributed by atoms with van der Waals surface area (Å²) in [5.74, 6) is 0. The highest BCUT2D eigenvalue weighted by Crippen LogP contribution is 2.25. The smallest absolute Gasteiger partial charge is 0.430 e. The van der Waals surface area contributed by atoms with Gasteiger partial charge in [-0.1, -0.05) is 13.3 Å². The van der Waals surface area contributed by atoms with Crippen molar-refractivity contribution in [2.75, 3.05) is 6.61 Å². The second-order valence-corrected chi connectivity index (χ2v) is 3.19. The van der Waals surface area contributed by atoms with E-state index in [2.05, 4.69) is 6.92 Å². The molecular formula is C8H14O3. The van der Waals surface area contributed by atoms with E-state index < -0.39 is 6.16 Å². The Bertz CT molecular complexity index is 155. The van der Waals surface area contributed by atoms with E-state index in [-0.39, 0.29) is 5.60 Å². The first kappa shape index (κ1) is 8.37. The molecule has 1 aliphatic rings. The van der Waals surface area contributed by atoms with Crippen LogP contribution in [-0.4, -0.2) is 18.4 Å². The summed E-state index contributed by atoms with van der Waals surface area (Å²) < 4.78 is 9.69. The van der Waals surface area contributed by atoms with Gasteiger partial charge in [0.05, 0.1) is 0 Å². The maximum Gasteiger partial charge on any atom is 0.509 e. The standard InChI is InChI=1S/C8H14O3/c1-3-4-5-8(2)6-10-7(9)11-8/h3-6H2,1-2H3. The second-order valence-electron chi connectivity index (χ2n) is 3.19. The molecule has 1 rings (SSSR count). The Balaban J connectivity index is 2.35. The third kappa shape index (κ3) is 2.10. The van der Waals surface area contributed by atoms with E-state index in [0.29, 0.717) is 6.61 Å². The summed E-state index contributed by atoms with van der Waals surface area (Å²) in [6, 6.07) is 0. The van der Waals surface area contributed by atoms with Gasteiger partial charge >= 0.3 is 6.16 Å². The van der Waals surface area contributed by atoms with Crippen LogP contribution in [0.3, 0.4) is 0 Å². The highest BCUT2D eigenvalue weighted by Gasteiger charge is 2.36. The average molecular weight is 158 g/mol. The van der Waals surface area contributed by atoms with Crippen LogP contribution < -0.4 is 0 Å². The first-order valence-electron chi connectivity index (χ1n) is 4.02. The lowest BCUT2D eigenvalue weighted by Crippen LogP contribution is -2.26. The zero-order valence-corrected chi connectivity index (χ0v) is 7.05. The predicted octanol–water partition coefficient (Wildman–Crippen LogP) is 2.10. The molecule has 1 fully saturated rings. The first-order chi connectivity index (χ1) is 5.16. The second kappa shape index (κ2) is 3.11. The van der Waals surface area contributed by atoms with Crippen molar-refractivity contribution in [1.29, 1.82) is 0 Å². The van der Waals surface area contributed by atoms with Crippen molar-refractivity contribution in [3.63, 3.8) is 0 Å². The van der Waals surface area contributed by atoms with E-state index in [4.69, 9.17) is 9.47 Å². The number of cyclic esters (lactones) is 2. The van der Waals surface area contributed by atoms with Crippen molar-refractivity contribution in [1.82, 2.24) is 0 Å². The Morgan fingerprint density at radius 2 is 2.36 bits per heavy atom. The van der Waals surface area contributed by atoms with E-state index in [9.17, 15) is 4.79 Å². The molecular weight excluding hydrogens is 144 g/mol. The molecule has 0 N–H and O–H groups in total. The van der Waals surface area contributed by atoms with Crippen molar-refractivity contribution in [3.8, 4) is 0 Å². The quantitative estimate of drug-likeness (QED) is 0.590. The Hall–Kier alpha value is -0.730. The Morgan fingerprint density at radius 3 is 2.82 bits per heavy atom. The predicted molar refractivity (Wildman–Crippen MR) is 40.4 cm³/mol. The van der Waals surface area contributed by atoms with Gasteiger partial charge in [0.2, 0.25) is 0 Å². The Morgan fingerprint density at radius 1 is 1.64 bits per heavy atom. The van der Waals surface area contributed by atoms with Crippen LogP contribution in [0.1, 0.15) is 33.1 Å². The Labute approximate surface area is 66.7 Å². The number of carbonyl (C=O) groups excluding carboxylic acids is 1. The van der Waals surface area contributed by atoms with E-state index in [1.165, 1.54) is 0 Å². The summed E-state index contributed by atoms with van der Waals surface area (Å²) in [7, 11) is 0. The third-order valence-electron chi connectivity index (χ3n) is 1.88. The molecule has 3 nitrogen and oxygen atoms in total. The molecule has 0 spiro atoms. The van der Waals surface area contributed by atoms with Crippen LogP contribution in [0.25, 0.3) is 0 Å². The molecule has 3 heteroatoms. The van der Waals surface area contributed by atoms with Gasteiger partial charge < -0.3 is 9.47 Å². The van der Waals surface area contributed by atoms with Crippen molar-refractivity contribution in [3.05, 3.63) is 0 Å². The summed E-state index contributed by atoms with van der Waals surface area (Å²) in [4.78, 5) is 10.6. The van der Waals surface area contributed by atoms with E-state index in [1.54, 1.807) is 0 Å². The molecule has 0 aromatic heterocycles. The maximum atomic E-state index is 10.6. The third-order valence-corrected chi connectivity index (χ3v) is 1.88. The summed E-state index contributed by atoms with van der Waals surface area (Å²) in [5.41, 5.74) is -0.354. The Kier molecular flexibility index (Phi) is 2.37. The molecule has 0 aromatic carbocycles. The highest BCUT2D eigenvalue weighted by atomic mass is 16.8. The van der Waals surface area contributed by atoms with Crippen molar-refractivity contribution in [2.24, 2.45) is 0 Å². The minimum atomic E-state index is -0.524. The lowest BCUT2D eigenvalue weighted by atomic mass is 10.0. The van der Waals surface area contributed by atoms with Crippen LogP contribution in [-0.2, 0) is 9.47 Å². The van der Waals surface area contributed by atoms with Crippen LogP contribution in [0.5, 0.6) is 0 Å². The number of hydrogen-bond donors (Lipinski definition) is 0. The topological polar surface area (TPSA) is 35.5 Å². The van der Waals surface area contributed by atoms with Gasteiger partial charge in [-0.25, -0.2) is 4.79 Å². The zero-order valence-electron chi connectivity index (χ0n) is 7.05. The van der Waals surface area contributed by atoms with Gasteiger partial charge in [0, 0.05) is 0 Å². The summed E-state index contributed by atoms with van der Waals surface area (Å²) in [6.45, 7) is 4.43. The SMILES string of the molecule is CCCCC1(C)COC(=O)O1. The minimum Gasteiger partial charge on any atom is -0.430 e. The number of ether oxygens (including phenoxy) is 2. The normalized spacial score (nSPS) is 29.8. The van der Waals surface area contributed by atoms with E-state index in [1.807, 2.05) is 6.92 Å². The van der Waals surface area contributed by atoms with Gasteiger partial charge in [0.15, 0.2) is 0 Å². The molecule has 0 saturated carbocycles. The number of unbranched alkanes of at least 4 members (excludes halogenated alkanes) is 1. The van der Waals surface area contributed by atoms with Crippen LogP contribution in [0.2, 0.25) is 0 Å². The number of hydrogen-bond acceptors (Lipinski definition) is 3. The molecule has 0 bridgehead atoms. The summed E-state index contributed by atoms with van der Waals surface area (Å²) in [6.07, 6.45) is 2.57. The lowest BCUT2D eigenvalue weighted by Gasteiger charge is -2.18. The van der Waals surface area contributed by atoms with Gasteiger partial charge in [-0.2, -0.15) is 0 Å². The summed E-state index contributed by atoms with van der Waals surface area (Å²) in [5, 5.41) is 0. The largest absolute Gasteiger partial charge is 0.509 e. The van der Waals surface area contributed by atoms with Crippen molar-refractivity contribution < 1.29 is 14.3 Å². The van der Waals surface area contributed by atoms with Gasteiger partial charge in [-0.05, 0) is 19.8 Å². The molecule has 0 aliphatic carbocycles. The number of carbonyl (C=O) groups is 1. The molecule has 11 heavy (non-hydrogen) atoms. The average Bonchev–Trinajstić information content (AvgIpc) is 2.28. The molecule has 1 aliphatic heterocycles. The fraction of sp³-hybridized carbons (Fsp3) is 0.875. The zero-order chi connectivity index (χ0) is 8.32. The molecule has 0 radical (unpaired) electrons. The van der Waals surface area contributed by atoms with Crippen LogP contribution in [0.4, 0.5) is 4.79 Å². The fourth-order valence-corrected chi connectivity index (χ4v) is 1.15. The molecule has 0 amide bonds. The highest BCUT2D eigenvalue weighted by molar-refractivity contribution is 5.62. The molecule has 1 saturated heterocycles. The van der Waals surface area contributed by atoms with Crippen LogP contribution >= 0.6 is 0 Å². The summed E-state index contributed by atoms with van der Waals surface area (Å²) >= 11 is 0. The minimum absolute atomic E-state index is 0.354. The first-order valence-corrected chi connectivity index (χ1v) is 4.02. The van der Waals surface area contributed by atoms with Crippen LogP contribution in [0, 0.1) is 0 Å². The molecule has 64 valence electrons. The van der Waals surface area contributed by atoms with Crippen molar-refractivity contribution in [2.45, 2.75) is 38.7 Å². The van der Waals surface area contributed by atoms with E-state index in [0.717, 1.165) is 19.3 Å². The molecule has 1 unspecified atom stereocenters. The van der Waals surface area contributed by atoms with E-state index >= 15 is 0 Å². The molecule has 0 aromatic rings. The van der Waals surface area contributed by atoms with Gasteiger partial charge in [0.1, 0.15) is 12.2 Å². The van der Waals surface area contributed by atoms with Gasteiger partial charge in [-0.3, -0.25) is 0 Å². The fourth-order valence-electron chi connectivity index (χ4n) is 1.15. The lowest BCUT2D eigenvalue weighted by molar-refractivity contribution is 0.0628.